The maximum absolute atomic E-state index is 10.6. The van der Waals surface area contributed by atoms with Crippen LogP contribution in [0.25, 0.3) is 0 Å². The van der Waals surface area contributed by atoms with Crippen molar-refractivity contribution in [2.45, 2.75) is 38.4 Å². The van der Waals surface area contributed by atoms with Gasteiger partial charge in [-0.05, 0) is 41.4 Å². The molecule has 3 aliphatic heterocycles. The topological polar surface area (TPSA) is 26.8 Å². The van der Waals surface area contributed by atoms with E-state index in [9.17, 15) is 4.79 Å². The monoisotopic (exact) mass is 227 g/mol. The van der Waals surface area contributed by atoms with Crippen LogP contribution in [0, 0.1) is 0 Å². The van der Waals surface area contributed by atoms with Crippen molar-refractivity contribution in [1.29, 1.82) is 0 Å². The molecule has 0 radical (unpaired) electrons. The molecule has 4 heteroatoms. The van der Waals surface area contributed by atoms with Gasteiger partial charge in [0.2, 0.25) is 6.41 Å². The fraction of sp³-hybridized carbons (Fsp3) is 0.917. The quantitative estimate of drug-likeness (QED) is 0.642. The van der Waals surface area contributed by atoms with E-state index >= 15 is 0 Å². The highest BCUT2D eigenvalue weighted by atomic mass is 16.1. The summed E-state index contributed by atoms with van der Waals surface area (Å²) in [5.74, 6) is 0. The molecule has 0 aromatic rings. The van der Waals surface area contributed by atoms with Crippen LogP contribution in [-0.4, -0.2) is 73.5 Å². The number of hydrogen-bond acceptors (Lipinski definition) is 3. The fourth-order valence-electron chi connectivity index (χ4n) is 2.26. The van der Waals surface area contributed by atoms with E-state index in [1.165, 1.54) is 6.42 Å². The highest BCUT2D eigenvalue weighted by Gasteiger charge is 2.44. The van der Waals surface area contributed by atoms with Crippen molar-refractivity contribution in [1.82, 2.24) is 14.7 Å². The largest absolute Gasteiger partial charge is 0.337 e. The lowest BCUT2D eigenvalue weighted by Gasteiger charge is -2.55. The summed E-state index contributed by atoms with van der Waals surface area (Å²) in [7, 11) is 6.00. The van der Waals surface area contributed by atoms with E-state index in [1.54, 1.807) is 0 Å². The van der Waals surface area contributed by atoms with Crippen molar-refractivity contribution in [2.75, 3.05) is 34.2 Å². The summed E-state index contributed by atoms with van der Waals surface area (Å²) in [5.41, 5.74) is 0. The molecule has 0 aliphatic carbocycles. The van der Waals surface area contributed by atoms with Gasteiger partial charge in [-0.3, -0.25) is 9.69 Å². The first kappa shape index (κ1) is 13.5. The zero-order valence-corrected chi connectivity index (χ0v) is 11.2. The Balaban J connectivity index is 0.000000280. The van der Waals surface area contributed by atoms with Crippen LogP contribution in [0.1, 0.15) is 20.3 Å². The highest BCUT2D eigenvalue weighted by Crippen LogP contribution is 2.31. The molecule has 3 saturated heterocycles. The van der Waals surface area contributed by atoms with Gasteiger partial charge in [0, 0.05) is 31.2 Å². The van der Waals surface area contributed by atoms with Crippen molar-refractivity contribution in [3.8, 4) is 0 Å². The number of hydrogen-bond donors (Lipinski definition) is 0. The maximum Gasteiger partial charge on any atom is 0.210 e. The second-order valence-corrected chi connectivity index (χ2v) is 5.49. The normalized spacial score (nSPS) is 28.6. The van der Waals surface area contributed by atoms with E-state index in [0.29, 0.717) is 18.1 Å². The lowest BCUT2D eigenvalue weighted by Crippen LogP contribution is -2.68. The minimum absolute atomic E-state index is 0.517. The molecule has 3 rings (SSSR count). The van der Waals surface area contributed by atoms with Gasteiger partial charge < -0.3 is 9.80 Å². The Kier molecular flexibility index (Phi) is 4.74. The van der Waals surface area contributed by atoms with Crippen molar-refractivity contribution in [3.63, 3.8) is 0 Å². The standard InChI is InChI=1S/C9H16N2O.C3H9N/c1-7(2)10-4-8-3-9(5-10)11(8)6-12;1-4(2)3/h6-9H,3-5H2,1-2H3;1-3H3. The molecule has 3 heterocycles. The predicted molar refractivity (Wildman–Crippen MR) is 66.4 cm³/mol. The van der Waals surface area contributed by atoms with E-state index in [-0.39, 0.29) is 0 Å². The minimum Gasteiger partial charge on any atom is -0.337 e. The second kappa shape index (κ2) is 5.64. The van der Waals surface area contributed by atoms with Crippen LogP contribution in [-0.2, 0) is 4.79 Å². The molecule has 3 aliphatic rings. The van der Waals surface area contributed by atoms with Gasteiger partial charge in [0.1, 0.15) is 0 Å². The SMILES string of the molecule is CC(C)N1CC2CC(C1)N2C=O.CN(C)C. The summed E-state index contributed by atoms with van der Waals surface area (Å²) < 4.78 is 0. The Bertz CT molecular complexity index is 216. The lowest BCUT2D eigenvalue weighted by atomic mass is 9.88. The van der Waals surface area contributed by atoms with Crippen molar-refractivity contribution in [2.24, 2.45) is 0 Å². The van der Waals surface area contributed by atoms with E-state index in [1.807, 2.05) is 30.9 Å². The second-order valence-electron chi connectivity index (χ2n) is 5.49. The van der Waals surface area contributed by atoms with Gasteiger partial charge in [-0.2, -0.15) is 0 Å². The number of carbonyl (C=O) groups excluding carboxylic acids is 1. The van der Waals surface area contributed by atoms with Crippen LogP contribution >= 0.6 is 0 Å². The van der Waals surface area contributed by atoms with Crippen molar-refractivity contribution in [3.05, 3.63) is 0 Å². The highest BCUT2D eigenvalue weighted by molar-refractivity contribution is 5.51. The summed E-state index contributed by atoms with van der Waals surface area (Å²) in [5, 5.41) is 0. The number of rotatable bonds is 2. The molecule has 4 nitrogen and oxygen atoms in total. The van der Waals surface area contributed by atoms with E-state index < -0.39 is 0 Å². The van der Waals surface area contributed by atoms with E-state index in [4.69, 9.17) is 0 Å². The molecule has 0 aromatic carbocycles. The van der Waals surface area contributed by atoms with Crippen molar-refractivity contribution >= 4 is 6.41 Å². The Hall–Kier alpha value is -0.610. The van der Waals surface area contributed by atoms with Crippen LogP contribution in [0.15, 0.2) is 0 Å². The average Bonchev–Trinajstić information content (AvgIpc) is 2.17. The Morgan fingerprint density at radius 1 is 1.19 bits per heavy atom. The number of piperidine rings is 1. The third kappa shape index (κ3) is 3.19. The minimum atomic E-state index is 0.517. The van der Waals surface area contributed by atoms with E-state index in [0.717, 1.165) is 19.5 Å². The fourth-order valence-corrected chi connectivity index (χ4v) is 2.26. The Morgan fingerprint density at radius 2 is 1.62 bits per heavy atom. The summed E-state index contributed by atoms with van der Waals surface area (Å²) in [4.78, 5) is 17.0. The summed E-state index contributed by atoms with van der Waals surface area (Å²) >= 11 is 0. The maximum atomic E-state index is 10.6. The van der Waals surface area contributed by atoms with E-state index in [2.05, 4.69) is 18.7 Å². The molecule has 94 valence electrons. The molecule has 2 unspecified atom stereocenters. The summed E-state index contributed by atoms with van der Waals surface area (Å²) in [6, 6.07) is 1.66. The molecule has 0 N–H and O–H groups in total. The lowest BCUT2D eigenvalue weighted by molar-refractivity contribution is -0.140. The van der Waals surface area contributed by atoms with Crippen LogP contribution in [0.4, 0.5) is 0 Å². The number of piperazine rings is 1. The first-order valence-corrected chi connectivity index (χ1v) is 6.03. The number of fused-ring (bicyclic) bond motifs is 2. The zero-order valence-electron chi connectivity index (χ0n) is 11.2. The van der Waals surface area contributed by atoms with Crippen LogP contribution in [0.5, 0.6) is 0 Å². The van der Waals surface area contributed by atoms with Gasteiger partial charge in [0.15, 0.2) is 0 Å². The molecule has 0 spiro atoms. The average molecular weight is 227 g/mol. The first-order chi connectivity index (χ1) is 7.45. The molecule has 2 atom stereocenters. The van der Waals surface area contributed by atoms with Gasteiger partial charge in [0.05, 0.1) is 0 Å². The molecule has 0 saturated carbocycles. The molecule has 0 aromatic heterocycles. The molecule has 2 bridgehead atoms. The third-order valence-corrected chi connectivity index (χ3v) is 3.13. The zero-order chi connectivity index (χ0) is 12.3. The van der Waals surface area contributed by atoms with Gasteiger partial charge in [-0.25, -0.2) is 0 Å². The molecular weight excluding hydrogens is 202 g/mol. The van der Waals surface area contributed by atoms with Crippen LogP contribution in [0.2, 0.25) is 0 Å². The number of nitrogens with zero attached hydrogens (tertiary/aromatic N) is 3. The van der Waals surface area contributed by atoms with Gasteiger partial charge in [0.25, 0.3) is 0 Å². The first-order valence-electron chi connectivity index (χ1n) is 6.03. The van der Waals surface area contributed by atoms with Gasteiger partial charge >= 0.3 is 0 Å². The van der Waals surface area contributed by atoms with Crippen LogP contribution in [0.3, 0.4) is 0 Å². The summed E-state index contributed by atoms with van der Waals surface area (Å²) in [6.45, 7) is 6.59. The molecule has 1 amide bonds. The third-order valence-electron chi connectivity index (χ3n) is 3.13. The van der Waals surface area contributed by atoms with Gasteiger partial charge in [-0.15, -0.1) is 0 Å². The smallest absolute Gasteiger partial charge is 0.210 e. The Labute approximate surface area is 99.2 Å². The Morgan fingerprint density at radius 3 is 1.94 bits per heavy atom. The summed E-state index contributed by atoms with van der Waals surface area (Å²) in [6.07, 6.45) is 2.23. The molecular formula is C12H25N3O. The number of carbonyl (C=O) groups is 1. The number of amides is 1. The van der Waals surface area contributed by atoms with Crippen LogP contribution < -0.4 is 0 Å². The van der Waals surface area contributed by atoms with Gasteiger partial charge in [-0.1, -0.05) is 0 Å². The van der Waals surface area contributed by atoms with Crippen molar-refractivity contribution < 1.29 is 4.79 Å². The predicted octanol–water partition coefficient (Wildman–Crippen LogP) is 0.488. The molecule has 16 heavy (non-hydrogen) atoms. The molecule has 3 fully saturated rings.